The van der Waals surface area contributed by atoms with Crippen LogP contribution in [0.1, 0.15) is 31.7 Å². The Kier molecular flexibility index (Phi) is 5.28. The molecule has 1 aliphatic carbocycles. The lowest BCUT2D eigenvalue weighted by Gasteiger charge is -2.31. The maximum absolute atomic E-state index is 14.7. The monoisotopic (exact) mass is 415 g/mol. The number of hydrogen-bond donors (Lipinski definition) is 1. The van der Waals surface area contributed by atoms with Crippen molar-refractivity contribution in [3.63, 3.8) is 0 Å². The molecule has 0 atom stereocenters. The van der Waals surface area contributed by atoms with E-state index >= 15 is 0 Å². The number of aromatic nitrogens is 4. The van der Waals surface area contributed by atoms with Gasteiger partial charge in [0.05, 0.1) is 24.4 Å². The van der Waals surface area contributed by atoms with E-state index in [1.165, 1.54) is 11.3 Å². The van der Waals surface area contributed by atoms with E-state index in [1.54, 1.807) is 16.9 Å². The molecular weight excluding hydrogens is 389 g/mol. The van der Waals surface area contributed by atoms with Crippen molar-refractivity contribution in [3.05, 3.63) is 79.3 Å². The molecule has 1 N–H and O–H groups in total. The molecule has 0 spiro atoms. The van der Waals surface area contributed by atoms with E-state index < -0.39 is 0 Å². The molecule has 2 aromatic carbocycles. The minimum Gasteiger partial charge on any atom is -0.382 e. The van der Waals surface area contributed by atoms with Gasteiger partial charge < -0.3 is 9.88 Å². The minimum atomic E-state index is -0.224. The molecule has 158 valence electrons. The molecule has 31 heavy (non-hydrogen) atoms. The molecule has 6 heteroatoms. The molecule has 4 aromatic rings. The molecule has 1 fully saturated rings. The first-order valence-corrected chi connectivity index (χ1v) is 10.8. The fourth-order valence-corrected chi connectivity index (χ4v) is 4.56. The second-order valence-electron chi connectivity index (χ2n) is 8.30. The Balaban J connectivity index is 1.23. The van der Waals surface area contributed by atoms with Crippen LogP contribution in [0.4, 0.5) is 10.1 Å². The molecule has 1 aliphatic rings. The number of nitrogens with one attached hydrogen (secondary N) is 1. The van der Waals surface area contributed by atoms with Gasteiger partial charge in [-0.25, -0.2) is 9.37 Å². The van der Waals surface area contributed by atoms with Gasteiger partial charge in [0.15, 0.2) is 0 Å². The first-order chi connectivity index (χ1) is 15.2. The number of halogens is 1. The average molecular weight is 416 g/mol. The van der Waals surface area contributed by atoms with Gasteiger partial charge in [0.1, 0.15) is 5.82 Å². The zero-order valence-electron chi connectivity index (χ0n) is 17.6. The van der Waals surface area contributed by atoms with Crippen LogP contribution in [0.5, 0.6) is 0 Å². The van der Waals surface area contributed by atoms with Gasteiger partial charge in [-0.3, -0.25) is 4.68 Å². The maximum atomic E-state index is 14.7. The van der Waals surface area contributed by atoms with Gasteiger partial charge >= 0.3 is 0 Å². The summed E-state index contributed by atoms with van der Waals surface area (Å²) < 4.78 is 18.7. The summed E-state index contributed by atoms with van der Waals surface area (Å²) in [7, 11) is 1.83. The van der Waals surface area contributed by atoms with Crippen molar-refractivity contribution >= 4 is 5.69 Å². The van der Waals surface area contributed by atoms with Crippen LogP contribution in [0.15, 0.2) is 73.4 Å². The third kappa shape index (κ3) is 4.10. The Morgan fingerprint density at radius 3 is 2.48 bits per heavy atom. The SMILES string of the molecule is Cn1cc(-c2ccc(NC3CCC(n4cncc4-c4ccccc4)CC3)cc2F)cn1. The minimum absolute atomic E-state index is 0.224. The summed E-state index contributed by atoms with van der Waals surface area (Å²) in [5.41, 5.74) is 4.58. The number of rotatable bonds is 5. The van der Waals surface area contributed by atoms with Gasteiger partial charge in [-0.2, -0.15) is 5.10 Å². The van der Waals surface area contributed by atoms with Crippen molar-refractivity contribution < 1.29 is 4.39 Å². The van der Waals surface area contributed by atoms with Crippen LogP contribution in [-0.2, 0) is 7.05 Å². The molecule has 2 heterocycles. The van der Waals surface area contributed by atoms with Crippen molar-refractivity contribution in [2.45, 2.75) is 37.8 Å². The highest BCUT2D eigenvalue weighted by atomic mass is 19.1. The van der Waals surface area contributed by atoms with Crippen LogP contribution < -0.4 is 5.32 Å². The third-order valence-electron chi connectivity index (χ3n) is 6.18. The molecule has 0 aliphatic heterocycles. The Labute approximate surface area is 181 Å². The molecule has 0 amide bonds. The smallest absolute Gasteiger partial charge is 0.133 e. The number of imidazole rings is 1. The van der Waals surface area contributed by atoms with Crippen molar-refractivity contribution in [1.82, 2.24) is 19.3 Å². The van der Waals surface area contributed by atoms with E-state index in [4.69, 9.17) is 0 Å². The van der Waals surface area contributed by atoms with Crippen LogP contribution in [0.2, 0.25) is 0 Å². The first-order valence-electron chi connectivity index (χ1n) is 10.8. The zero-order valence-corrected chi connectivity index (χ0v) is 17.6. The molecule has 2 aromatic heterocycles. The predicted octanol–water partition coefficient (Wildman–Crippen LogP) is 5.69. The van der Waals surface area contributed by atoms with Gasteiger partial charge in [0.2, 0.25) is 0 Å². The van der Waals surface area contributed by atoms with Crippen LogP contribution in [0, 0.1) is 5.82 Å². The number of benzene rings is 2. The first kappa shape index (κ1) is 19.5. The van der Waals surface area contributed by atoms with E-state index in [0.29, 0.717) is 17.6 Å². The predicted molar refractivity (Wildman–Crippen MR) is 121 cm³/mol. The van der Waals surface area contributed by atoms with Crippen molar-refractivity contribution in [2.75, 3.05) is 5.32 Å². The van der Waals surface area contributed by atoms with E-state index in [-0.39, 0.29) is 5.82 Å². The third-order valence-corrected chi connectivity index (χ3v) is 6.18. The van der Waals surface area contributed by atoms with Crippen molar-refractivity contribution in [2.24, 2.45) is 7.05 Å². The second kappa shape index (κ2) is 8.38. The number of nitrogens with zero attached hydrogens (tertiary/aromatic N) is 4. The highest BCUT2D eigenvalue weighted by Crippen LogP contribution is 2.34. The van der Waals surface area contributed by atoms with Gasteiger partial charge in [-0.05, 0) is 49.4 Å². The largest absolute Gasteiger partial charge is 0.382 e. The standard InChI is InChI=1S/C25H26FN5/c1-30-16-19(14-28-30)23-12-9-21(13-24(23)26)29-20-7-10-22(11-8-20)31-17-27-15-25(31)18-5-3-2-4-6-18/h2-6,9,12-17,20,22,29H,7-8,10-11H2,1H3. The Morgan fingerprint density at radius 2 is 1.77 bits per heavy atom. The van der Waals surface area contributed by atoms with Crippen molar-refractivity contribution in [3.8, 4) is 22.4 Å². The molecule has 5 rings (SSSR count). The molecule has 0 saturated heterocycles. The summed E-state index contributed by atoms with van der Waals surface area (Å²) >= 11 is 0. The lowest BCUT2D eigenvalue weighted by atomic mass is 9.90. The number of anilines is 1. The lowest BCUT2D eigenvalue weighted by Crippen LogP contribution is -2.27. The molecule has 0 unspecified atom stereocenters. The highest BCUT2D eigenvalue weighted by Gasteiger charge is 2.24. The van der Waals surface area contributed by atoms with E-state index in [2.05, 4.69) is 44.2 Å². The fraction of sp³-hybridized carbons (Fsp3) is 0.280. The van der Waals surface area contributed by atoms with Crippen LogP contribution in [-0.4, -0.2) is 25.4 Å². The summed E-state index contributed by atoms with van der Waals surface area (Å²) in [5, 5.41) is 7.66. The summed E-state index contributed by atoms with van der Waals surface area (Å²) in [6.45, 7) is 0. The Bertz CT molecular complexity index is 1160. The summed E-state index contributed by atoms with van der Waals surface area (Å²) in [6.07, 6.45) is 11.7. The molecule has 0 radical (unpaired) electrons. The normalized spacial score (nSPS) is 18.8. The number of hydrogen-bond acceptors (Lipinski definition) is 3. The summed E-state index contributed by atoms with van der Waals surface area (Å²) in [5.74, 6) is -0.224. The molecule has 5 nitrogen and oxygen atoms in total. The Morgan fingerprint density at radius 1 is 0.968 bits per heavy atom. The fourth-order valence-electron chi connectivity index (χ4n) is 4.56. The number of aryl methyl sites for hydroxylation is 1. The average Bonchev–Trinajstić information content (AvgIpc) is 3.44. The zero-order chi connectivity index (χ0) is 21.2. The van der Waals surface area contributed by atoms with E-state index in [0.717, 1.165) is 36.9 Å². The highest BCUT2D eigenvalue weighted by molar-refractivity contribution is 5.65. The van der Waals surface area contributed by atoms with E-state index in [1.807, 2.05) is 44.0 Å². The van der Waals surface area contributed by atoms with Crippen LogP contribution in [0.3, 0.4) is 0 Å². The lowest BCUT2D eigenvalue weighted by molar-refractivity contribution is 0.336. The topological polar surface area (TPSA) is 47.7 Å². The van der Waals surface area contributed by atoms with E-state index in [9.17, 15) is 4.39 Å². The summed E-state index contributed by atoms with van der Waals surface area (Å²) in [4.78, 5) is 4.40. The molecular formula is C25H26FN5. The van der Waals surface area contributed by atoms with Crippen LogP contribution in [0.25, 0.3) is 22.4 Å². The van der Waals surface area contributed by atoms with Crippen molar-refractivity contribution in [1.29, 1.82) is 0 Å². The van der Waals surface area contributed by atoms with Gasteiger partial charge in [0, 0.05) is 42.1 Å². The van der Waals surface area contributed by atoms with Crippen LogP contribution >= 0.6 is 0 Å². The quantitative estimate of drug-likeness (QED) is 0.456. The second-order valence-corrected chi connectivity index (χ2v) is 8.30. The Hall–Kier alpha value is -3.41. The molecule has 0 bridgehead atoms. The summed E-state index contributed by atoms with van der Waals surface area (Å²) in [6, 6.07) is 16.6. The van der Waals surface area contributed by atoms with Gasteiger partial charge in [-0.15, -0.1) is 0 Å². The molecule has 1 saturated carbocycles. The van der Waals surface area contributed by atoms with Gasteiger partial charge in [-0.1, -0.05) is 30.3 Å². The van der Waals surface area contributed by atoms with Gasteiger partial charge in [0.25, 0.3) is 0 Å². The maximum Gasteiger partial charge on any atom is 0.133 e.